The van der Waals surface area contributed by atoms with Crippen molar-refractivity contribution in [3.8, 4) is 11.4 Å². The monoisotopic (exact) mass is 437 g/mol. The first-order chi connectivity index (χ1) is 15.5. The average Bonchev–Trinajstić information content (AvgIpc) is 3.10. The summed E-state index contributed by atoms with van der Waals surface area (Å²) in [7, 11) is 1.58. The Labute approximate surface area is 186 Å². The Bertz CT molecular complexity index is 1170. The van der Waals surface area contributed by atoms with Crippen LogP contribution in [0.15, 0.2) is 36.4 Å². The molecular weight excluding hydrogens is 409 g/mol. The summed E-state index contributed by atoms with van der Waals surface area (Å²) in [4.78, 5) is 11.7. The number of aldehydes is 1. The van der Waals surface area contributed by atoms with Gasteiger partial charge >= 0.3 is 0 Å². The van der Waals surface area contributed by atoms with Gasteiger partial charge in [-0.05, 0) is 86.1 Å². The van der Waals surface area contributed by atoms with Gasteiger partial charge in [-0.1, -0.05) is 0 Å². The molecule has 1 N–H and O–H groups in total. The Morgan fingerprint density at radius 2 is 1.91 bits per heavy atom. The molecule has 3 aromatic rings. The zero-order valence-electron chi connectivity index (χ0n) is 18.4. The third kappa shape index (κ3) is 3.33. The smallest absolute Gasteiger partial charge is 0.151 e. The molecule has 2 heterocycles. The van der Waals surface area contributed by atoms with Gasteiger partial charge in [-0.2, -0.15) is 0 Å². The van der Waals surface area contributed by atoms with E-state index in [4.69, 9.17) is 9.47 Å². The van der Waals surface area contributed by atoms with E-state index in [-0.39, 0.29) is 23.4 Å². The van der Waals surface area contributed by atoms with Crippen molar-refractivity contribution in [2.24, 2.45) is 0 Å². The van der Waals surface area contributed by atoms with Gasteiger partial charge in [-0.3, -0.25) is 0 Å². The number of nitrogens with zero attached hydrogens (tertiary/aromatic N) is 1. The molecule has 6 heteroatoms. The quantitative estimate of drug-likeness (QED) is 0.562. The van der Waals surface area contributed by atoms with E-state index in [0.29, 0.717) is 31.6 Å². The highest BCUT2D eigenvalue weighted by molar-refractivity contribution is 5.90. The topological polar surface area (TPSA) is 60.7 Å². The zero-order valence-corrected chi connectivity index (χ0v) is 18.4. The third-order valence-electron chi connectivity index (χ3n) is 7.25. The van der Waals surface area contributed by atoms with Gasteiger partial charge < -0.3 is 23.9 Å². The number of fused-ring (bicyclic) bond motifs is 1. The largest absolute Gasteiger partial charge is 0.508 e. The number of carbonyl (C=O) groups excluding carboxylic acids is 1. The number of ether oxygens (including phenoxy) is 2. The van der Waals surface area contributed by atoms with Gasteiger partial charge in [-0.15, -0.1) is 0 Å². The van der Waals surface area contributed by atoms with Crippen LogP contribution in [0.2, 0.25) is 0 Å². The number of halogens is 1. The standard InChI is InChI=1S/C26H28FNO4/c1-16-11-19(3-5-22(16)27)28-23-6-4-20(30)12-21(23)24(18-13-26(14-18,15-29)31-2)25(28)17-7-9-32-10-8-17/h3-6,11-12,15,17-18,30H,7-10,13-14H2,1-2H3. The summed E-state index contributed by atoms with van der Waals surface area (Å²) >= 11 is 0. The molecule has 2 fully saturated rings. The molecule has 5 rings (SSSR count). The van der Waals surface area contributed by atoms with Gasteiger partial charge in [0, 0.05) is 43.0 Å². The minimum Gasteiger partial charge on any atom is -0.508 e. The van der Waals surface area contributed by atoms with Crippen molar-refractivity contribution in [3.05, 3.63) is 59.0 Å². The highest BCUT2D eigenvalue weighted by atomic mass is 19.1. The Hall–Kier alpha value is -2.70. The molecule has 0 amide bonds. The van der Waals surface area contributed by atoms with Crippen LogP contribution in [-0.2, 0) is 14.3 Å². The van der Waals surface area contributed by atoms with Crippen LogP contribution in [-0.4, -0.2) is 41.9 Å². The maximum absolute atomic E-state index is 14.1. The first-order valence-electron chi connectivity index (χ1n) is 11.2. The highest BCUT2D eigenvalue weighted by Crippen LogP contribution is 2.52. The van der Waals surface area contributed by atoms with Crippen molar-refractivity contribution in [1.29, 1.82) is 0 Å². The number of aromatic nitrogens is 1. The van der Waals surface area contributed by atoms with Crippen LogP contribution in [0, 0.1) is 12.7 Å². The van der Waals surface area contributed by atoms with Gasteiger partial charge in [-0.25, -0.2) is 4.39 Å². The van der Waals surface area contributed by atoms with Crippen molar-refractivity contribution in [1.82, 2.24) is 4.57 Å². The van der Waals surface area contributed by atoms with Crippen molar-refractivity contribution < 1.29 is 23.8 Å². The van der Waals surface area contributed by atoms with Gasteiger partial charge in [0.25, 0.3) is 0 Å². The molecule has 1 saturated heterocycles. The summed E-state index contributed by atoms with van der Waals surface area (Å²) in [6.45, 7) is 3.16. The van der Waals surface area contributed by atoms with E-state index in [1.165, 1.54) is 17.3 Å². The van der Waals surface area contributed by atoms with E-state index in [2.05, 4.69) is 4.57 Å². The van der Waals surface area contributed by atoms with Crippen molar-refractivity contribution in [3.63, 3.8) is 0 Å². The zero-order chi connectivity index (χ0) is 22.5. The van der Waals surface area contributed by atoms with E-state index in [9.17, 15) is 14.3 Å². The van der Waals surface area contributed by atoms with Crippen LogP contribution in [0.1, 0.15) is 54.3 Å². The van der Waals surface area contributed by atoms with Crippen LogP contribution < -0.4 is 0 Å². The molecule has 32 heavy (non-hydrogen) atoms. The number of hydrogen-bond acceptors (Lipinski definition) is 4. The fraction of sp³-hybridized carbons (Fsp3) is 0.423. The van der Waals surface area contributed by atoms with Crippen LogP contribution in [0.5, 0.6) is 5.75 Å². The molecule has 0 unspecified atom stereocenters. The predicted octanol–water partition coefficient (Wildman–Crippen LogP) is 5.14. The van der Waals surface area contributed by atoms with Crippen LogP contribution in [0.4, 0.5) is 4.39 Å². The molecule has 0 bridgehead atoms. The average molecular weight is 438 g/mol. The van der Waals surface area contributed by atoms with Crippen molar-refractivity contribution >= 4 is 17.2 Å². The minimum absolute atomic E-state index is 0.144. The van der Waals surface area contributed by atoms with Crippen molar-refractivity contribution in [2.75, 3.05) is 20.3 Å². The lowest BCUT2D eigenvalue weighted by atomic mass is 9.67. The summed E-state index contributed by atoms with van der Waals surface area (Å²) in [6.07, 6.45) is 3.93. The maximum Gasteiger partial charge on any atom is 0.151 e. The lowest BCUT2D eigenvalue weighted by Crippen LogP contribution is -2.46. The molecular formula is C26H28FNO4. The van der Waals surface area contributed by atoms with E-state index in [0.717, 1.165) is 35.7 Å². The van der Waals surface area contributed by atoms with E-state index >= 15 is 0 Å². The predicted molar refractivity (Wildman–Crippen MR) is 120 cm³/mol. The second-order valence-corrected chi connectivity index (χ2v) is 9.15. The molecule has 0 radical (unpaired) electrons. The lowest BCUT2D eigenvalue weighted by Gasteiger charge is -2.43. The summed E-state index contributed by atoms with van der Waals surface area (Å²) < 4.78 is 27.5. The molecule has 1 aliphatic carbocycles. The normalized spacial score (nSPS) is 23.9. The molecule has 2 aromatic carbocycles. The second-order valence-electron chi connectivity index (χ2n) is 9.15. The highest BCUT2D eigenvalue weighted by Gasteiger charge is 2.47. The second kappa shape index (κ2) is 8.01. The number of hydrogen-bond donors (Lipinski definition) is 1. The number of benzene rings is 2. The Kier molecular flexibility index (Phi) is 5.30. The number of phenolic OH excluding ortho intramolecular Hbond substituents is 1. The van der Waals surface area contributed by atoms with E-state index in [1.807, 2.05) is 24.3 Å². The number of methoxy groups -OCH3 is 1. The molecule has 5 nitrogen and oxygen atoms in total. The van der Waals surface area contributed by atoms with E-state index < -0.39 is 5.60 Å². The Morgan fingerprint density at radius 3 is 2.56 bits per heavy atom. The molecule has 2 aliphatic rings. The van der Waals surface area contributed by atoms with Crippen molar-refractivity contribution in [2.45, 2.75) is 50.0 Å². The SMILES string of the molecule is COC1(C=O)CC(c2c(C3CCOCC3)n(-c3ccc(F)c(C)c3)c3ccc(O)cc23)C1. The number of phenols is 1. The number of carbonyl (C=O) groups is 1. The molecule has 168 valence electrons. The van der Waals surface area contributed by atoms with Gasteiger partial charge in [0.1, 0.15) is 17.2 Å². The molecule has 1 aromatic heterocycles. The van der Waals surface area contributed by atoms with Crippen LogP contribution >= 0.6 is 0 Å². The van der Waals surface area contributed by atoms with Crippen LogP contribution in [0.25, 0.3) is 16.6 Å². The summed E-state index contributed by atoms with van der Waals surface area (Å²) in [5, 5.41) is 11.3. The Morgan fingerprint density at radius 1 is 1.16 bits per heavy atom. The maximum atomic E-state index is 14.1. The lowest BCUT2D eigenvalue weighted by molar-refractivity contribution is -0.140. The molecule has 0 spiro atoms. The first kappa shape index (κ1) is 21.2. The number of aromatic hydroxyl groups is 1. The van der Waals surface area contributed by atoms with Crippen LogP contribution in [0.3, 0.4) is 0 Å². The molecule has 1 saturated carbocycles. The molecule has 0 atom stereocenters. The van der Waals surface area contributed by atoms with E-state index in [1.54, 1.807) is 20.1 Å². The van der Waals surface area contributed by atoms with Gasteiger partial charge in [0.15, 0.2) is 6.29 Å². The fourth-order valence-electron chi connectivity index (χ4n) is 5.46. The third-order valence-corrected chi connectivity index (χ3v) is 7.25. The summed E-state index contributed by atoms with van der Waals surface area (Å²) in [5.74, 6) is 0.389. The molecule has 1 aliphatic heterocycles. The first-order valence-corrected chi connectivity index (χ1v) is 11.2. The number of rotatable bonds is 5. The summed E-state index contributed by atoms with van der Waals surface area (Å²) in [5.41, 5.74) is 4.08. The van der Waals surface area contributed by atoms with Gasteiger partial charge in [0.05, 0.1) is 5.52 Å². The Balaban J connectivity index is 1.76. The minimum atomic E-state index is -0.741. The van der Waals surface area contributed by atoms with Gasteiger partial charge in [0.2, 0.25) is 0 Å². The number of aryl methyl sites for hydroxylation is 1. The fourth-order valence-corrected chi connectivity index (χ4v) is 5.46. The summed E-state index contributed by atoms with van der Waals surface area (Å²) in [6, 6.07) is 10.6.